The first-order valence-corrected chi connectivity index (χ1v) is 10.9. The van der Waals surface area contributed by atoms with Gasteiger partial charge in [-0.3, -0.25) is 4.72 Å². The maximum absolute atomic E-state index is 12.8. The fraction of sp³-hybridized carbons (Fsp3) is 0.222. The van der Waals surface area contributed by atoms with Crippen molar-refractivity contribution in [2.24, 2.45) is 0 Å². The standard InChI is InChI=1S/C18H13BrClF3NO4S/c19-15-14-13(8-7-10(16(14)20)4-3-9-25)28-17(15)11-5-1-2-6-12(11)24-29(26,27)18(21,22)23/h1-2,5-8,24H,3-4,9H2. The summed E-state index contributed by atoms with van der Waals surface area (Å²) in [5.41, 5.74) is -4.58. The molecule has 1 N–H and O–H groups in total. The molecule has 0 saturated heterocycles. The average molecular weight is 512 g/mol. The molecule has 3 aromatic rings. The normalized spacial score (nSPS) is 12.5. The molecule has 0 aliphatic heterocycles. The van der Waals surface area contributed by atoms with Crippen LogP contribution in [0, 0.1) is 0 Å². The van der Waals surface area contributed by atoms with E-state index in [-0.39, 0.29) is 23.6 Å². The van der Waals surface area contributed by atoms with Crippen molar-refractivity contribution < 1.29 is 31.1 Å². The minimum absolute atomic E-state index is 0.0978. The van der Waals surface area contributed by atoms with E-state index >= 15 is 0 Å². The van der Waals surface area contributed by atoms with Gasteiger partial charge in [0.25, 0.3) is 0 Å². The van der Waals surface area contributed by atoms with Crippen molar-refractivity contribution in [3.8, 4) is 11.3 Å². The van der Waals surface area contributed by atoms with Crippen molar-refractivity contribution in [1.29, 1.82) is 0 Å². The molecule has 0 spiro atoms. The number of alkyl halides is 3. The fourth-order valence-corrected chi connectivity index (χ4v) is 4.49. The number of hydrogen-bond acceptors (Lipinski definition) is 3. The number of benzene rings is 2. The van der Waals surface area contributed by atoms with Crippen molar-refractivity contribution in [2.45, 2.75) is 18.3 Å². The molecule has 1 heterocycles. The van der Waals surface area contributed by atoms with E-state index in [9.17, 15) is 26.7 Å². The van der Waals surface area contributed by atoms with E-state index in [2.05, 4.69) is 15.9 Å². The van der Waals surface area contributed by atoms with Gasteiger partial charge >= 0.3 is 15.5 Å². The van der Waals surface area contributed by atoms with Crippen molar-refractivity contribution >= 4 is 54.2 Å². The van der Waals surface area contributed by atoms with Gasteiger partial charge in [0.2, 0.25) is 0 Å². The monoisotopic (exact) mass is 510 g/mol. The number of halogens is 5. The number of fused-ring (bicyclic) bond motifs is 1. The Morgan fingerprint density at radius 1 is 1.14 bits per heavy atom. The highest BCUT2D eigenvalue weighted by atomic mass is 79.9. The topological polar surface area (TPSA) is 79.2 Å². The molecule has 29 heavy (non-hydrogen) atoms. The van der Waals surface area contributed by atoms with Gasteiger partial charge in [-0.25, -0.2) is 5.11 Å². The van der Waals surface area contributed by atoms with Crippen LogP contribution >= 0.6 is 27.5 Å². The van der Waals surface area contributed by atoms with Gasteiger partial charge in [-0.05, 0) is 52.5 Å². The Hall–Kier alpha value is -1.75. The molecule has 11 heteroatoms. The minimum Gasteiger partial charge on any atom is -0.455 e. The summed E-state index contributed by atoms with van der Waals surface area (Å²) in [5.74, 6) is 0.114. The van der Waals surface area contributed by atoms with Crippen LogP contribution in [-0.2, 0) is 21.6 Å². The third-order valence-electron chi connectivity index (χ3n) is 4.13. The number of furan rings is 1. The SMILES string of the molecule is [O]CCCc1ccc2oc(-c3ccccc3NS(=O)(=O)C(F)(F)F)c(Br)c2c1Cl. The third-order valence-corrected chi connectivity index (χ3v) is 6.41. The lowest BCUT2D eigenvalue weighted by Crippen LogP contribution is -2.30. The number of nitrogens with one attached hydrogen (secondary N) is 1. The van der Waals surface area contributed by atoms with E-state index in [0.717, 1.165) is 5.56 Å². The van der Waals surface area contributed by atoms with Gasteiger partial charge in [0.05, 0.1) is 27.2 Å². The van der Waals surface area contributed by atoms with Gasteiger partial charge in [0.1, 0.15) is 5.58 Å². The molecular formula is C18H13BrClF3NO4S. The molecule has 1 radical (unpaired) electrons. The Bertz CT molecular complexity index is 1160. The second-order valence-electron chi connectivity index (χ2n) is 6.06. The molecule has 0 unspecified atom stereocenters. The largest absolute Gasteiger partial charge is 0.516 e. The summed E-state index contributed by atoms with van der Waals surface area (Å²) in [4.78, 5) is 0. The second-order valence-corrected chi connectivity index (χ2v) is 8.91. The van der Waals surface area contributed by atoms with E-state index < -0.39 is 15.5 Å². The molecule has 2 aromatic carbocycles. The summed E-state index contributed by atoms with van der Waals surface area (Å²) in [6.45, 7) is -0.251. The van der Waals surface area contributed by atoms with E-state index in [0.29, 0.717) is 33.3 Å². The molecule has 0 aliphatic carbocycles. The van der Waals surface area contributed by atoms with Crippen LogP contribution in [0.3, 0.4) is 0 Å². The van der Waals surface area contributed by atoms with Crippen molar-refractivity contribution in [3.63, 3.8) is 0 Å². The second kappa shape index (κ2) is 8.17. The lowest BCUT2D eigenvalue weighted by atomic mass is 10.1. The summed E-state index contributed by atoms with van der Waals surface area (Å²) >= 11 is 9.79. The minimum atomic E-state index is -5.61. The molecular weight excluding hydrogens is 499 g/mol. The molecule has 0 saturated carbocycles. The summed E-state index contributed by atoms with van der Waals surface area (Å²) in [7, 11) is -5.61. The van der Waals surface area contributed by atoms with Gasteiger partial charge in [0, 0.05) is 5.56 Å². The first-order chi connectivity index (χ1) is 13.6. The average Bonchev–Trinajstić information content (AvgIpc) is 2.97. The predicted molar refractivity (Wildman–Crippen MR) is 107 cm³/mol. The molecule has 1 aromatic heterocycles. The maximum Gasteiger partial charge on any atom is 0.516 e. The molecule has 0 bridgehead atoms. The van der Waals surface area contributed by atoms with E-state index in [1.54, 1.807) is 16.9 Å². The summed E-state index contributed by atoms with van der Waals surface area (Å²) in [5, 5.41) is 11.6. The third kappa shape index (κ3) is 4.25. The predicted octanol–water partition coefficient (Wildman–Crippen LogP) is 6.14. The number of anilines is 1. The first kappa shape index (κ1) is 21.9. The molecule has 0 aliphatic rings. The van der Waals surface area contributed by atoms with Crippen LogP contribution < -0.4 is 4.72 Å². The molecule has 0 amide bonds. The number of rotatable bonds is 6. The fourth-order valence-electron chi connectivity index (χ4n) is 2.76. The Kier molecular flexibility index (Phi) is 6.19. The molecule has 5 nitrogen and oxygen atoms in total. The quantitative estimate of drug-likeness (QED) is 0.432. The van der Waals surface area contributed by atoms with Gasteiger partial charge in [-0.1, -0.05) is 29.8 Å². The van der Waals surface area contributed by atoms with Crippen molar-refractivity contribution in [3.05, 3.63) is 51.5 Å². The van der Waals surface area contributed by atoms with Gasteiger partial charge in [-0.2, -0.15) is 21.6 Å². The van der Waals surface area contributed by atoms with Gasteiger partial charge in [-0.15, -0.1) is 0 Å². The zero-order valence-corrected chi connectivity index (χ0v) is 17.7. The highest BCUT2D eigenvalue weighted by Crippen LogP contribution is 2.44. The van der Waals surface area contributed by atoms with E-state index in [4.69, 9.17) is 16.0 Å². The van der Waals surface area contributed by atoms with Crippen molar-refractivity contribution in [1.82, 2.24) is 0 Å². The lowest BCUT2D eigenvalue weighted by Gasteiger charge is -2.13. The van der Waals surface area contributed by atoms with Crippen LogP contribution in [0.5, 0.6) is 0 Å². The molecule has 3 rings (SSSR count). The zero-order valence-electron chi connectivity index (χ0n) is 14.5. The Labute approximate surface area is 177 Å². The molecule has 0 atom stereocenters. The highest BCUT2D eigenvalue weighted by molar-refractivity contribution is 9.10. The summed E-state index contributed by atoms with van der Waals surface area (Å²) in [6.07, 6.45) is 0.864. The zero-order chi connectivity index (χ0) is 21.4. The van der Waals surface area contributed by atoms with Crippen LogP contribution in [-0.4, -0.2) is 20.5 Å². The van der Waals surface area contributed by atoms with Crippen LogP contribution in [0.1, 0.15) is 12.0 Å². The number of sulfonamides is 1. The number of aryl methyl sites for hydroxylation is 1. The van der Waals surface area contributed by atoms with Crippen molar-refractivity contribution in [2.75, 3.05) is 11.3 Å². The number of para-hydroxylation sites is 1. The van der Waals surface area contributed by atoms with Gasteiger partial charge < -0.3 is 4.42 Å². The maximum atomic E-state index is 12.8. The Balaban J connectivity index is 2.13. The number of hydrogen-bond donors (Lipinski definition) is 1. The summed E-state index contributed by atoms with van der Waals surface area (Å²) in [6, 6.07) is 8.88. The smallest absolute Gasteiger partial charge is 0.455 e. The first-order valence-electron chi connectivity index (χ1n) is 8.23. The van der Waals surface area contributed by atoms with Crippen LogP contribution in [0.2, 0.25) is 5.02 Å². The Morgan fingerprint density at radius 3 is 2.48 bits per heavy atom. The Morgan fingerprint density at radius 2 is 1.83 bits per heavy atom. The van der Waals surface area contributed by atoms with Gasteiger partial charge in [0.15, 0.2) is 5.76 Å². The molecule has 155 valence electrons. The van der Waals surface area contributed by atoms with E-state index in [1.165, 1.54) is 24.3 Å². The van der Waals surface area contributed by atoms with E-state index in [1.807, 2.05) is 0 Å². The molecule has 0 fully saturated rings. The van der Waals surface area contributed by atoms with Crippen LogP contribution in [0.4, 0.5) is 18.9 Å². The lowest BCUT2D eigenvalue weighted by molar-refractivity contribution is -0.0429. The summed E-state index contributed by atoms with van der Waals surface area (Å²) < 4.78 is 69.1. The van der Waals surface area contributed by atoms with Crippen LogP contribution in [0.25, 0.3) is 22.3 Å². The van der Waals surface area contributed by atoms with Crippen LogP contribution in [0.15, 0.2) is 45.3 Å². The highest BCUT2D eigenvalue weighted by Gasteiger charge is 2.46.